The van der Waals surface area contributed by atoms with Crippen molar-refractivity contribution in [2.75, 3.05) is 17.1 Å². The summed E-state index contributed by atoms with van der Waals surface area (Å²) in [5.74, 6) is -3.26. The Morgan fingerprint density at radius 1 is 1.56 bits per heavy atom. The number of ether oxygens (including phenoxy) is 1. The summed E-state index contributed by atoms with van der Waals surface area (Å²) in [6.45, 7) is 1.62. The van der Waals surface area contributed by atoms with Gasteiger partial charge in [-0.15, -0.1) is 0 Å². The zero-order valence-electron chi connectivity index (χ0n) is 9.34. The summed E-state index contributed by atoms with van der Waals surface area (Å²) >= 11 is 0. The predicted molar refractivity (Wildman–Crippen MR) is 59.6 cm³/mol. The second-order valence-corrected chi connectivity index (χ2v) is 4.86. The highest BCUT2D eigenvalue weighted by Gasteiger charge is 2.19. The molecule has 0 aromatic carbocycles. The maximum Gasteiger partial charge on any atom is 0.353 e. The summed E-state index contributed by atoms with van der Waals surface area (Å²) in [6.07, 6.45) is 0. The van der Waals surface area contributed by atoms with Crippen LogP contribution in [0.25, 0.3) is 0 Å². The fraction of sp³-hybridized carbons (Fsp3) is 0.375. The Hall–Kier alpha value is -2.10. The van der Waals surface area contributed by atoms with Crippen molar-refractivity contribution in [1.82, 2.24) is 10.2 Å². The van der Waals surface area contributed by atoms with Gasteiger partial charge in [-0.2, -0.15) is 5.10 Å². The summed E-state index contributed by atoms with van der Waals surface area (Å²) in [6, 6.07) is 0.991. The van der Waals surface area contributed by atoms with E-state index in [1.165, 1.54) is 0 Å². The number of anilines is 1. The van der Waals surface area contributed by atoms with E-state index in [4.69, 9.17) is 5.11 Å². The van der Waals surface area contributed by atoms with Crippen molar-refractivity contribution in [3.05, 3.63) is 11.8 Å². The van der Waals surface area contributed by atoms with Crippen LogP contribution in [0.2, 0.25) is 0 Å². The zero-order chi connectivity index (χ0) is 13.8. The molecule has 0 amide bonds. The van der Waals surface area contributed by atoms with Crippen LogP contribution in [0.5, 0.6) is 0 Å². The molecule has 0 saturated heterocycles. The van der Waals surface area contributed by atoms with Crippen LogP contribution in [0.15, 0.2) is 6.07 Å². The van der Waals surface area contributed by atoms with E-state index in [0.717, 1.165) is 6.07 Å². The van der Waals surface area contributed by atoms with Gasteiger partial charge < -0.3 is 9.84 Å². The van der Waals surface area contributed by atoms with E-state index in [2.05, 4.69) is 14.9 Å². The van der Waals surface area contributed by atoms with Crippen LogP contribution in [0.4, 0.5) is 5.82 Å². The van der Waals surface area contributed by atoms with Crippen molar-refractivity contribution in [3.63, 3.8) is 0 Å². The van der Waals surface area contributed by atoms with E-state index in [1.54, 1.807) is 6.92 Å². The van der Waals surface area contributed by atoms with E-state index in [9.17, 15) is 18.0 Å². The van der Waals surface area contributed by atoms with Gasteiger partial charge in [-0.25, -0.2) is 13.2 Å². The number of sulfonamides is 1. The van der Waals surface area contributed by atoms with Crippen LogP contribution in [0, 0.1) is 0 Å². The molecule has 0 atom stereocenters. The molecule has 1 aromatic heterocycles. The maximum atomic E-state index is 11.5. The fourth-order valence-electron chi connectivity index (χ4n) is 1.04. The minimum absolute atomic E-state index is 0.0694. The lowest BCUT2D eigenvalue weighted by Gasteiger charge is -2.04. The lowest BCUT2D eigenvalue weighted by molar-refractivity contribution is -0.139. The van der Waals surface area contributed by atoms with Gasteiger partial charge >= 0.3 is 11.9 Å². The molecule has 0 bridgehead atoms. The Morgan fingerprint density at radius 2 is 2.22 bits per heavy atom. The number of carboxylic acids is 1. The van der Waals surface area contributed by atoms with Gasteiger partial charge in [0.1, 0.15) is 5.69 Å². The average Bonchev–Trinajstić information content (AvgIpc) is 2.64. The summed E-state index contributed by atoms with van der Waals surface area (Å²) in [5.41, 5.74) is -0.274. The number of hydrogen-bond acceptors (Lipinski definition) is 6. The van der Waals surface area contributed by atoms with Gasteiger partial charge in [-0.1, -0.05) is 0 Å². The normalized spacial score (nSPS) is 10.9. The molecule has 0 saturated carbocycles. The minimum atomic E-state index is -3.97. The van der Waals surface area contributed by atoms with E-state index in [-0.39, 0.29) is 18.1 Å². The fourth-order valence-corrected chi connectivity index (χ4v) is 1.93. The van der Waals surface area contributed by atoms with Gasteiger partial charge in [0.15, 0.2) is 11.6 Å². The van der Waals surface area contributed by atoms with Crippen LogP contribution in [0.3, 0.4) is 0 Å². The van der Waals surface area contributed by atoms with Crippen LogP contribution in [-0.4, -0.2) is 48.0 Å². The molecule has 9 nitrogen and oxygen atoms in total. The maximum absolute atomic E-state index is 11.5. The standard InChI is InChI=1S/C8H11N3O6S/c1-2-17-7(12)4-18(15,16)11-6-3-5(8(13)14)9-10-6/h3H,2,4H2,1H3,(H,13,14)(H2,9,10,11). The molecule has 100 valence electrons. The molecule has 3 N–H and O–H groups in total. The van der Waals surface area contributed by atoms with Gasteiger partial charge in [0.05, 0.1) is 6.61 Å². The molecule has 18 heavy (non-hydrogen) atoms. The van der Waals surface area contributed by atoms with Crippen molar-refractivity contribution in [3.8, 4) is 0 Å². The molecular formula is C8H11N3O6S. The number of nitrogens with one attached hydrogen (secondary N) is 2. The second kappa shape index (κ2) is 5.49. The topological polar surface area (TPSA) is 138 Å². The number of carbonyl (C=O) groups is 2. The second-order valence-electron chi connectivity index (χ2n) is 3.14. The van der Waals surface area contributed by atoms with Crippen LogP contribution in [0.1, 0.15) is 17.4 Å². The Labute approximate surface area is 102 Å². The number of carbonyl (C=O) groups excluding carboxylic acids is 1. The van der Waals surface area contributed by atoms with Crippen molar-refractivity contribution >= 4 is 27.8 Å². The third-order valence-corrected chi connectivity index (χ3v) is 2.82. The van der Waals surface area contributed by atoms with E-state index < -0.39 is 27.7 Å². The molecule has 0 aliphatic heterocycles. The van der Waals surface area contributed by atoms with Gasteiger partial charge in [-0.05, 0) is 6.92 Å². The largest absolute Gasteiger partial charge is 0.477 e. The van der Waals surface area contributed by atoms with Crippen molar-refractivity contribution in [1.29, 1.82) is 0 Å². The zero-order valence-corrected chi connectivity index (χ0v) is 10.2. The number of nitrogens with zero attached hydrogens (tertiary/aromatic N) is 1. The van der Waals surface area contributed by atoms with Gasteiger partial charge in [0.2, 0.25) is 10.0 Å². The number of aromatic nitrogens is 2. The molecule has 1 heterocycles. The van der Waals surface area contributed by atoms with Crippen LogP contribution in [-0.2, 0) is 19.6 Å². The molecule has 10 heteroatoms. The Kier molecular flexibility index (Phi) is 4.26. The Balaban J connectivity index is 2.70. The first-order valence-corrected chi connectivity index (χ1v) is 6.44. The highest BCUT2D eigenvalue weighted by atomic mass is 32.2. The van der Waals surface area contributed by atoms with E-state index in [0.29, 0.717) is 0 Å². The molecule has 0 aliphatic carbocycles. The first-order valence-electron chi connectivity index (χ1n) is 4.79. The first-order chi connectivity index (χ1) is 8.34. The summed E-state index contributed by atoms with van der Waals surface area (Å²) in [4.78, 5) is 21.5. The molecule has 1 aromatic rings. The number of aromatic carboxylic acids is 1. The monoisotopic (exact) mass is 277 g/mol. The van der Waals surface area contributed by atoms with E-state index >= 15 is 0 Å². The lowest BCUT2D eigenvalue weighted by Crippen LogP contribution is -2.24. The Morgan fingerprint density at radius 3 is 2.72 bits per heavy atom. The highest BCUT2D eigenvalue weighted by molar-refractivity contribution is 7.93. The summed E-state index contributed by atoms with van der Waals surface area (Å²) in [5, 5.41) is 14.1. The summed E-state index contributed by atoms with van der Waals surface area (Å²) < 4.78 is 29.3. The molecule has 1 rings (SSSR count). The smallest absolute Gasteiger partial charge is 0.353 e. The number of esters is 1. The van der Waals surface area contributed by atoms with E-state index in [1.807, 2.05) is 4.72 Å². The molecule has 0 unspecified atom stereocenters. The van der Waals surface area contributed by atoms with Crippen LogP contribution >= 0.6 is 0 Å². The molecular weight excluding hydrogens is 266 g/mol. The third-order valence-electron chi connectivity index (χ3n) is 1.68. The van der Waals surface area contributed by atoms with Gasteiger partial charge in [0.25, 0.3) is 0 Å². The molecule has 0 radical (unpaired) electrons. The SMILES string of the molecule is CCOC(=O)CS(=O)(=O)Nc1cc(C(=O)O)[nH]n1. The minimum Gasteiger partial charge on any atom is -0.477 e. The van der Waals surface area contributed by atoms with Gasteiger partial charge in [0, 0.05) is 6.07 Å². The van der Waals surface area contributed by atoms with Crippen molar-refractivity contribution < 1.29 is 27.9 Å². The Bertz CT molecular complexity index is 549. The predicted octanol–water partition coefficient (Wildman–Crippen LogP) is -0.587. The van der Waals surface area contributed by atoms with Gasteiger partial charge in [-0.3, -0.25) is 14.6 Å². The van der Waals surface area contributed by atoms with Crippen LogP contribution < -0.4 is 4.72 Å². The average molecular weight is 277 g/mol. The summed E-state index contributed by atoms with van der Waals surface area (Å²) in [7, 11) is -3.97. The number of carboxylic acid groups (broad SMARTS) is 1. The first kappa shape index (κ1) is 14.0. The molecule has 0 fully saturated rings. The molecule has 0 spiro atoms. The quantitative estimate of drug-likeness (QED) is 0.591. The third kappa shape index (κ3) is 4.05. The molecule has 0 aliphatic rings. The highest BCUT2D eigenvalue weighted by Crippen LogP contribution is 2.07. The lowest BCUT2D eigenvalue weighted by atomic mass is 10.4. The number of hydrogen-bond donors (Lipinski definition) is 3. The number of aromatic amines is 1. The van der Waals surface area contributed by atoms with Crippen molar-refractivity contribution in [2.45, 2.75) is 6.92 Å². The number of H-pyrrole nitrogens is 1. The van der Waals surface area contributed by atoms with Crippen molar-refractivity contribution in [2.24, 2.45) is 0 Å². The number of rotatable bonds is 6.